The summed E-state index contributed by atoms with van der Waals surface area (Å²) in [5.74, 6) is -20.9. The number of carboxylic acid groups (broad SMARTS) is 1. The lowest BCUT2D eigenvalue weighted by Crippen LogP contribution is -2.62. The van der Waals surface area contributed by atoms with Crippen molar-refractivity contribution in [2.24, 2.45) is 64.4 Å². The fraction of sp³-hybridized carbons (Fsp3) is 0.732. The molecule has 0 aromatic heterocycles. The van der Waals surface area contributed by atoms with Gasteiger partial charge >= 0.3 is 5.97 Å². The highest BCUT2D eigenvalue weighted by Gasteiger charge is 2.45. The van der Waals surface area contributed by atoms with Crippen LogP contribution in [0.25, 0.3) is 0 Å². The Labute approximate surface area is 864 Å². The van der Waals surface area contributed by atoms with E-state index in [4.69, 9.17) is 22.9 Å². The van der Waals surface area contributed by atoms with Crippen LogP contribution in [0.3, 0.4) is 0 Å². The largest absolute Gasteiger partial charge is 0.480 e. The number of carbonyl (C=O) groups is 20. The zero-order valence-electron chi connectivity index (χ0n) is 87.5. The van der Waals surface area contributed by atoms with Crippen molar-refractivity contribution in [2.45, 2.75) is 348 Å². The van der Waals surface area contributed by atoms with Crippen LogP contribution in [0.1, 0.15) is 232 Å². The van der Waals surface area contributed by atoms with E-state index in [0.29, 0.717) is 51.4 Å². The van der Waals surface area contributed by atoms with Crippen molar-refractivity contribution >= 4 is 152 Å². The fourth-order valence-electron chi connectivity index (χ4n) is 15.7. The Kier molecular flexibility index (Phi) is 59.8. The number of carboxylic acids is 1. The van der Waals surface area contributed by atoms with Gasteiger partial charge in [-0.2, -0.15) is 11.8 Å². The number of benzene rings is 1. The molecule has 0 aliphatic carbocycles. The van der Waals surface area contributed by atoms with Crippen LogP contribution in [0.4, 0.5) is 0 Å². The number of aliphatic hydroxyl groups is 1. The van der Waals surface area contributed by atoms with Crippen LogP contribution in [0.2, 0.25) is 0 Å². The van der Waals surface area contributed by atoms with Gasteiger partial charge in [-0.15, -0.1) is 0 Å². The molecule has 2 aliphatic rings. The number of nitrogens with two attached hydrogens (primary N) is 4. The molecule has 19 amide bonds. The van der Waals surface area contributed by atoms with Crippen LogP contribution in [-0.2, 0) is 102 Å². The van der Waals surface area contributed by atoms with Crippen LogP contribution in [0.5, 0.6) is 0 Å². The topological polar surface area (TPSA) is 706 Å². The second-order valence-electron chi connectivity index (χ2n) is 39.1. The van der Waals surface area contributed by atoms with Crippen LogP contribution >= 0.6 is 33.3 Å². The first-order chi connectivity index (χ1) is 68.4. The Hall–Kier alpha value is -10.5. The number of hydrogen-bond donors (Lipinski definition) is 24. The van der Waals surface area contributed by atoms with Crippen LogP contribution in [0.15, 0.2) is 30.3 Å². The highest BCUT2D eigenvalue weighted by molar-refractivity contribution is 8.76. The lowest BCUT2D eigenvalue weighted by molar-refractivity contribution is -0.143. The van der Waals surface area contributed by atoms with Gasteiger partial charge in [0.15, 0.2) is 0 Å². The van der Waals surface area contributed by atoms with E-state index in [9.17, 15) is 106 Å². The van der Waals surface area contributed by atoms with E-state index in [1.807, 2.05) is 44.2 Å². The first-order valence-electron chi connectivity index (χ1n) is 50.7. The van der Waals surface area contributed by atoms with E-state index in [1.165, 1.54) is 37.4 Å². The van der Waals surface area contributed by atoms with E-state index >= 15 is 0 Å². The van der Waals surface area contributed by atoms with E-state index in [0.717, 1.165) is 27.2 Å². The Morgan fingerprint density at radius 1 is 0.483 bits per heavy atom. The number of aliphatic hydroxyl groups excluding tert-OH is 1. The molecule has 2 aliphatic heterocycles. The number of rotatable bonds is 56. The van der Waals surface area contributed by atoms with Gasteiger partial charge < -0.3 is 134 Å². The van der Waals surface area contributed by atoms with Gasteiger partial charge in [0.25, 0.3) is 0 Å². The van der Waals surface area contributed by atoms with E-state index in [1.54, 1.807) is 89.3 Å². The Morgan fingerprint density at radius 3 is 1.47 bits per heavy atom. The average Bonchev–Trinajstić information content (AvgIpc) is 1.71. The number of likely N-dealkylation sites (tertiary alicyclic amines) is 1. The van der Waals surface area contributed by atoms with E-state index in [2.05, 4.69) is 95.7 Å². The summed E-state index contributed by atoms with van der Waals surface area (Å²) < 4.78 is 0. The fourth-order valence-corrected chi connectivity index (χ4v) is 18.5. The highest BCUT2D eigenvalue weighted by atomic mass is 33.1. The van der Waals surface area contributed by atoms with Gasteiger partial charge in [-0.3, -0.25) is 91.1 Å². The lowest BCUT2D eigenvalue weighted by atomic mass is 9.95. The summed E-state index contributed by atoms with van der Waals surface area (Å²) in [6.07, 6.45) is 4.14. The molecule has 2 fully saturated rings. The molecular formula is C97H167N23O22S3. The Balaban J connectivity index is 1.88. The van der Waals surface area contributed by atoms with Gasteiger partial charge in [0.05, 0.1) is 25.2 Å². The number of nitrogens with one attached hydrogen (secondary N) is 18. The van der Waals surface area contributed by atoms with Gasteiger partial charge in [-0.1, -0.05) is 168 Å². The van der Waals surface area contributed by atoms with Crippen molar-refractivity contribution in [1.29, 1.82) is 0 Å². The monoisotopic (exact) mass is 2100 g/mol. The second-order valence-corrected chi connectivity index (χ2v) is 42.6. The maximum Gasteiger partial charge on any atom is 0.327 e. The molecule has 2 unspecified atom stereocenters. The summed E-state index contributed by atoms with van der Waals surface area (Å²) in [7, 11) is 1.76. The molecule has 2 heterocycles. The van der Waals surface area contributed by atoms with Crippen LogP contribution in [-0.4, -0.2) is 311 Å². The number of unbranched alkanes of at least 4 members (excludes halogenated alkanes) is 3. The molecule has 0 spiro atoms. The summed E-state index contributed by atoms with van der Waals surface area (Å²) in [6.45, 7) is 27.5. The van der Waals surface area contributed by atoms with Gasteiger partial charge in [-0.25, -0.2) is 4.79 Å². The number of carbonyl (C=O) groups excluding carboxylic acids is 19. The van der Waals surface area contributed by atoms with Gasteiger partial charge in [0, 0.05) is 18.1 Å². The van der Waals surface area contributed by atoms with Crippen molar-refractivity contribution in [3.05, 3.63) is 35.9 Å². The molecule has 0 bridgehead atoms. The minimum atomic E-state index is -1.73. The Bertz CT molecular complexity index is 4390. The van der Waals surface area contributed by atoms with Gasteiger partial charge in [0.1, 0.15) is 103 Å². The summed E-state index contributed by atoms with van der Waals surface area (Å²) in [5, 5.41) is 68.9. The van der Waals surface area contributed by atoms with Gasteiger partial charge in [0.2, 0.25) is 112 Å². The maximum atomic E-state index is 15.0. The second kappa shape index (κ2) is 67.4. The first kappa shape index (κ1) is 129. The molecule has 1 aromatic carbocycles. The molecule has 1 aromatic rings. The zero-order valence-corrected chi connectivity index (χ0v) is 90.0. The molecule has 28 N–H and O–H groups in total. The number of nitrogens with zero attached hydrogens (tertiary/aromatic N) is 1. The third-order valence-electron chi connectivity index (χ3n) is 25.2. The van der Waals surface area contributed by atoms with Crippen LogP contribution < -0.4 is 119 Å². The molecule has 45 nitrogen and oxygen atoms in total. The van der Waals surface area contributed by atoms with Crippen molar-refractivity contribution < 1.29 is 106 Å². The minimum Gasteiger partial charge on any atom is -0.480 e. The predicted octanol–water partition coefficient (Wildman–Crippen LogP) is -1.88. The first-order valence-corrected chi connectivity index (χ1v) is 54.6. The van der Waals surface area contributed by atoms with Crippen molar-refractivity contribution in [3.63, 3.8) is 0 Å². The zero-order chi connectivity index (χ0) is 109. The summed E-state index contributed by atoms with van der Waals surface area (Å²) in [4.78, 5) is 285. The number of amides is 19. The maximum absolute atomic E-state index is 15.0. The molecule has 0 radical (unpaired) electrons. The van der Waals surface area contributed by atoms with E-state index in [-0.39, 0.29) is 119 Å². The third-order valence-corrected chi connectivity index (χ3v) is 28.3. The standard InChI is InChI=1S/C97H167N23O22S3/c1-19-55(12)76(118-88(132)68(45-52(6)7)106-73(123)48-102-72(122)47-103-83(127)67(44-51(4)5)111-82(126)62(101)46-61-32-23-22-24-33-61)92(136)109-65(36-27-30-41-100)86(130)117-78(57(14)21-3)94(138)115-75(54(10)11)96(140)120-42-31-37-71(120)90(134)105-58(15)80(124)107-66(38-43-143-18)87(131)116-77(56(13)20-2)93(137)112-69-49-144-145-50-70(97(141)142)113-85(129)63(34-25-28-39-98)108-84(128)64(35-26-29-40-99)110-95(139)79(60(17)121)119-91(135)74(53(8)9)114-81(125)59(16)104-89(69)133/h22-24,32-33,51-60,62-71,74-79,121H,19-21,25-31,34-50,98-101H2,1-18H3,(H,102,122)(H,103,127)(H,104,133)(H,105,134)(H,106,123)(H,107,124)(H,108,128)(H,109,136)(H,110,139)(H,111,126)(H,112,137)(H,113,129)(H,114,125)(H,115,138)(H,116,131)(H,117,130)(H,118,132)(H,119,135)(H,141,142)/t55-,56-,57-,58-,59-,60+,62-,63-,64-,65-,66-,67-,68-,69?,70?,71-,74-,75-,76-,77-,78-,79-/m0/s1. The Morgan fingerprint density at radius 2 is 0.952 bits per heavy atom. The van der Waals surface area contributed by atoms with Crippen molar-refractivity contribution in [2.75, 3.05) is 62.8 Å². The molecule has 0 saturated carbocycles. The molecule has 48 heteroatoms. The molecule has 145 heavy (non-hydrogen) atoms. The van der Waals surface area contributed by atoms with Gasteiger partial charge in [-0.05, 0) is 196 Å². The molecule has 2 saturated heterocycles. The smallest absolute Gasteiger partial charge is 0.327 e. The average molecular weight is 2100 g/mol. The number of thioether (sulfide) groups is 1. The highest BCUT2D eigenvalue weighted by Crippen LogP contribution is 2.27. The SMILES string of the molecule is CC[C@H](C)[C@H](NC(=O)[C@H](CCSC)NC(=O)[C@H](C)NC(=O)[C@@H]1CCCN1C(=O)[C@@H](NC(=O)[C@@H](NC(=O)[C@H](CCCCN)NC(=O)[C@@H](NC(=O)[C@H](CC(C)C)NC(=O)CNC(=O)CNC(=O)[C@H](CC(C)C)NC(=O)[C@@H](N)Cc1ccccc1)[C@@H](C)CC)[C@@H](C)CC)C(C)C)C(=O)NC1CSSCC(C(=O)O)NC(=O)[C@H](CCCCN)NC(=O)[C@H](CCCCN)NC(=O)[C@H]([C@@H](C)O)NC(=O)[C@H](C(C)C)NC(=O)[C@H](C)NC1=O. The molecular weight excluding hydrogens is 1940 g/mol. The predicted molar refractivity (Wildman–Crippen MR) is 554 cm³/mol. The number of hydrogen-bond acceptors (Lipinski definition) is 28. The van der Waals surface area contributed by atoms with Crippen molar-refractivity contribution in [1.82, 2.24) is 101 Å². The van der Waals surface area contributed by atoms with Crippen molar-refractivity contribution in [3.8, 4) is 0 Å². The third kappa shape index (κ3) is 45.4. The summed E-state index contributed by atoms with van der Waals surface area (Å²) >= 11 is 1.32. The van der Waals surface area contributed by atoms with E-state index < -0.39 is 276 Å². The van der Waals surface area contributed by atoms with Crippen LogP contribution in [0, 0.1) is 41.4 Å². The number of aliphatic carboxylic acids is 1. The molecule has 3 rings (SSSR count). The quantitative estimate of drug-likeness (QED) is 0.0251. The lowest BCUT2D eigenvalue weighted by Gasteiger charge is -2.33. The summed E-state index contributed by atoms with van der Waals surface area (Å²) in [6, 6.07) is -15.3. The summed E-state index contributed by atoms with van der Waals surface area (Å²) in [5.41, 5.74) is 24.5. The molecule has 820 valence electrons. The molecule has 22 atom stereocenters. The normalized spacial score (nSPS) is 20.9. The minimum absolute atomic E-state index is 0.0183.